The van der Waals surface area contributed by atoms with E-state index in [1.54, 1.807) is 4.90 Å². The molecule has 4 rings (SSSR count). The van der Waals surface area contributed by atoms with Crippen LogP contribution in [0.2, 0.25) is 0 Å². The molecule has 0 saturated carbocycles. The van der Waals surface area contributed by atoms with Crippen LogP contribution in [-0.2, 0) is 9.59 Å². The minimum Gasteiger partial charge on any atom is -0.490 e. The van der Waals surface area contributed by atoms with Crippen molar-refractivity contribution in [3.05, 3.63) is 90.0 Å². The number of hydrogen-bond donors (Lipinski definition) is 1. The Hall–Kier alpha value is -3.60. The molecule has 5 heteroatoms. The molecule has 33 heavy (non-hydrogen) atoms. The van der Waals surface area contributed by atoms with Crippen molar-refractivity contribution in [3.8, 4) is 5.75 Å². The fourth-order valence-corrected chi connectivity index (χ4v) is 4.17. The summed E-state index contributed by atoms with van der Waals surface area (Å²) in [6, 6.07) is 25.0. The maximum absolute atomic E-state index is 13.5. The zero-order valence-electron chi connectivity index (χ0n) is 19.4. The SMILES string of the molecule is CCCN1C(=O)C(C)(C)COc2cc(NC(=O)C(c3ccccc3)c3ccccc3)ccc21. The Morgan fingerprint density at radius 2 is 1.61 bits per heavy atom. The molecule has 0 spiro atoms. The zero-order chi connectivity index (χ0) is 23.4. The molecule has 3 aromatic rings. The van der Waals surface area contributed by atoms with Gasteiger partial charge in [0, 0.05) is 18.3 Å². The van der Waals surface area contributed by atoms with Gasteiger partial charge in [0.2, 0.25) is 11.8 Å². The second-order valence-corrected chi connectivity index (χ2v) is 9.06. The van der Waals surface area contributed by atoms with Crippen molar-refractivity contribution in [2.24, 2.45) is 5.41 Å². The molecular weight excluding hydrogens is 412 g/mol. The number of carbonyl (C=O) groups is 2. The molecule has 0 saturated heterocycles. The van der Waals surface area contributed by atoms with Gasteiger partial charge in [0.1, 0.15) is 12.4 Å². The second kappa shape index (κ2) is 9.49. The van der Waals surface area contributed by atoms with Crippen molar-refractivity contribution in [2.45, 2.75) is 33.1 Å². The van der Waals surface area contributed by atoms with Gasteiger partial charge in [-0.05, 0) is 43.5 Å². The van der Waals surface area contributed by atoms with Gasteiger partial charge < -0.3 is 15.0 Å². The number of amides is 2. The molecule has 5 nitrogen and oxygen atoms in total. The van der Waals surface area contributed by atoms with Gasteiger partial charge in [-0.1, -0.05) is 67.6 Å². The van der Waals surface area contributed by atoms with Gasteiger partial charge in [-0.15, -0.1) is 0 Å². The highest BCUT2D eigenvalue weighted by atomic mass is 16.5. The lowest BCUT2D eigenvalue weighted by molar-refractivity contribution is -0.127. The van der Waals surface area contributed by atoms with Gasteiger partial charge in [-0.25, -0.2) is 0 Å². The standard InChI is InChI=1S/C28H30N2O3/c1-4-17-30-23-16-15-22(18-24(23)33-19-28(2,3)27(30)32)29-26(31)25(20-11-7-5-8-12-20)21-13-9-6-10-14-21/h5-16,18,25H,4,17,19H2,1-3H3,(H,29,31). The van der Waals surface area contributed by atoms with Gasteiger partial charge in [-0.3, -0.25) is 9.59 Å². The fraction of sp³-hybridized carbons (Fsp3) is 0.286. The first kappa shape index (κ1) is 22.6. The Balaban J connectivity index is 1.65. The molecule has 0 aromatic heterocycles. The van der Waals surface area contributed by atoms with Crippen LogP contribution in [0.1, 0.15) is 44.2 Å². The van der Waals surface area contributed by atoms with E-state index in [-0.39, 0.29) is 18.4 Å². The minimum absolute atomic E-state index is 0.0492. The van der Waals surface area contributed by atoms with E-state index in [2.05, 4.69) is 5.32 Å². The molecule has 1 N–H and O–H groups in total. The molecule has 1 heterocycles. The quantitative estimate of drug-likeness (QED) is 0.539. The summed E-state index contributed by atoms with van der Waals surface area (Å²) >= 11 is 0. The Kier molecular flexibility index (Phi) is 6.50. The van der Waals surface area contributed by atoms with Gasteiger partial charge in [0.25, 0.3) is 0 Å². The zero-order valence-corrected chi connectivity index (χ0v) is 19.4. The average Bonchev–Trinajstić information content (AvgIpc) is 2.91. The summed E-state index contributed by atoms with van der Waals surface area (Å²) in [5.41, 5.74) is 2.61. The maximum Gasteiger partial charge on any atom is 0.236 e. The first-order valence-corrected chi connectivity index (χ1v) is 11.4. The highest BCUT2D eigenvalue weighted by Gasteiger charge is 2.37. The van der Waals surface area contributed by atoms with Crippen LogP contribution in [-0.4, -0.2) is 25.0 Å². The van der Waals surface area contributed by atoms with Crippen LogP contribution in [0.3, 0.4) is 0 Å². The van der Waals surface area contributed by atoms with E-state index in [9.17, 15) is 9.59 Å². The van der Waals surface area contributed by atoms with E-state index in [1.807, 2.05) is 99.6 Å². The van der Waals surface area contributed by atoms with Crippen LogP contribution in [0, 0.1) is 5.41 Å². The van der Waals surface area contributed by atoms with Crippen LogP contribution < -0.4 is 15.0 Å². The summed E-state index contributed by atoms with van der Waals surface area (Å²) < 4.78 is 6.05. The Bertz CT molecular complexity index is 1090. The smallest absolute Gasteiger partial charge is 0.236 e. The van der Waals surface area contributed by atoms with Crippen molar-refractivity contribution in [1.82, 2.24) is 0 Å². The number of fused-ring (bicyclic) bond motifs is 1. The van der Waals surface area contributed by atoms with Crippen molar-refractivity contribution in [3.63, 3.8) is 0 Å². The van der Waals surface area contributed by atoms with Crippen LogP contribution in [0.5, 0.6) is 5.75 Å². The number of ether oxygens (including phenoxy) is 1. The summed E-state index contributed by atoms with van der Waals surface area (Å²) in [7, 11) is 0. The maximum atomic E-state index is 13.5. The van der Waals surface area contributed by atoms with Crippen molar-refractivity contribution in [1.29, 1.82) is 0 Å². The Labute approximate surface area is 195 Å². The van der Waals surface area contributed by atoms with E-state index < -0.39 is 11.3 Å². The van der Waals surface area contributed by atoms with Crippen molar-refractivity contribution >= 4 is 23.2 Å². The van der Waals surface area contributed by atoms with Crippen LogP contribution in [0.25, 0.3) is 0 Å². The number of hydrogen-bond acceptors (Lipinski definition) is 3. The molecular formula is C28H30N2O3. The molecule has 3 aromatic carbocycles. The topological polar surface area (TPSA) is 58.6 Å². The van der Waals surface area contributed by atoms with Crippen LogP contribution >= 0.6 is 0 Å². The highest BCUT2D eigenvalue weighted by molar-refractivity contribution is 6.01. The van der Waals surface area contributed by atoms with E-state index in [4.69, 9.17) is 4.74 Å². The third-order valence-electron chi connectivity index (χ3n) is 5.91. The van der Waals surface area contributed by atoms with E-state index in [1.165, 1.54) is 0 Å². The molecule has 0 fully saturated rings. The lowest BCUT2D eigenvalue weighted by Crippen LogP contribution is -2.42. The normalized spacial score (nSPS) is 14.9. The molecule has 1 aliphatic rings. The fourth-order valence-electron chi connectivity index (χ4n) is 4.17. The summed E-state index contributed by atoms with van der Waals surface area (Å²) in [6.07, 6.45) is 0.843. The third kappa shape index (κ3) is 4.77. The second-order valence-electron chi connectivity index (χ2n) is 9.06. The minimum atomic E-state index is -0.622. The highest BCUT2D eigenvalue weighted by Crippen LogP contribution is 2.38. The van der Waals surface area contributed by atoms with Crippen LogP contribution in [0.4, 0.5) is 11.4 Å². The number of benzene rings is 3. The molecule has 0 radical (unpaired) electrons. The van der Waals surface area contributed by atoms with E-state index in [0.29, 0.717) is 18.0 Å². The number of nitrogens with one attached hydrogen (secondary N) is 1. The lowest BCUT2D eigenvalue weighted by Gasteiger charge is -2.27. The van der Waals surface area contributed by atoms with Crippen molar-refractivity contribution in [2.75, 3.05) is 23.4 Å². The lowest BCUT2D eigenvalue weighted by atomic mass is 9.90. The summed E-state index contributed by atoms with van der Waals surface area (Å²) in [5, 5.41) is 3.07. The van der Waals surface area contributed by atoms with Crippen molar-refractivity contribution < 1.29 is 14.3 Å². The average molecular weight is 443 g/mol. The molecule has 0 unspecified atom stereocenters. The number of anilines is 2. The Morgan fingerprint density at radius 1 is 1.00 bits per heavy atom. The van der Waals surface area contributed by atoms with Crippen LogP contribution in [0.15, 0.2) is 78.9 Å². The first-order valence-electron chi connectivity index (χ1n) is 11.4. The molecule has 0 aliphatic carbocycles. The van der Waals surface area contributed by atoms with Gasteiger partial charge >= 0.3 is 0 Å². The van der Waals surface area contributed by atoms with Gasteiger partial charge in [0.05, 0.1) is 17.0 Å². The molecule has 0 atom stereocenters. The predicted molar refractivity (Wildman–Crippen MR) is 132 cm³/mol. The van der Waals surface area contributed by atoms with Gasteiger partial charge in [0.15, 0.2) is 0 Å². The number of rotatable bonds is 6. The van der Waals surface area contributed by atoms with E-state index in [0.717, 1.165) is 23.2 Å². The molecule has 1 aliphatic heterocycles. The summed E-state index contributed by atoms with van der Waals surface area (Å²) in [4.78, 5) is 28.3. The third-order valence-corrected chi connectivity index (χ3v) is 5.91. The predicted octanol–water partition coefficient (Wildman–Crippen LogP) is 5.62. The monoisotopic (exact) mass is 442 g/mol. The first-order chi connectivity index (χ1) is 15.9. The molecule has 2 amide bonds. The Morgan fingerprint density at radius 3 is 2.18 bits per heavy atom. The largest absolute Gasteiger partial charge is 0.490 e. The van der Waals surface area contributed by atoms with Gasteiger partial charge in [-0.2, -0.15) is 0 Å². The molecule has 170 valence electrons. The van der Waals surface area contributed by atoms with E-state index >= 15 is 0 Å². The summed E-state index contributed by atoms with van der Waals surface area (Å²) in [5.74, 6) is 0.0938. The summed E-state index contributed by atoms with van der Waals surface area (Å²) in [6.45, 7) is 6.75. The number of carbonyl (C=O) groups excluding carboxylic acids is 2. The number of nitrogens with zero attached hydrogens (tertiary/aromatic N) is 1. The molecule has 0 bridgehead atoms.